The monoisotopic (exact) mass is 359 g/mol. The molecule has 7 heteroatoms. The number of aromatic nitrogens is 2. The van der Waals surface area contributed by atoms with E-state index in [1.807, 2.05) is 42.5 Å². The number of anilines is 1. The first-order valence-corrected chi connectivity index (χ1v) is 9.22. The fourth-order valence-electron chi connectivity index (χ4n) is 2.13. The second kappa shape index (κ2) is 7.63. The molecule has 0 fully saturated rings. The van der Waals surface area contributed by atoms with Gasteiger partial charge in [-0.1, -0.05) is 73.3 Å². The molecule has 5 nitrogen and oxygen atoms in total. The number of amides is 1. The summed E-state index contributed by atoms with van der Waals surface area (Å²) < 4.78 is 6.51. The highest BCUT2D eigenvalue weighted by molar-refractivity contribution is 8.01. The lowest BCUT2D eigenvalue weighted by atomic mass is 10.1. The number of rotatable bonds is 6. The van der Waals surface area contributed by atoms with Crippen LogP contribution in [0.2, 0.25) is 0 Å². The summed E-state index contributed by atoms with van der Waals surface area (Å²) in [6.07, 6.45) is 0. The Morgan fingerprint density at radius 1 is 1.21 bits per heavy atom. The second-order valence-corrected chi connectivity index (χ2v) is 8.16. The van der Waals surface area contributed by atoms with Crippen molar-refractivity contribution in [1.29, 1.82) is 0 Å². The Bertz CT molecular complexity index is 843. The number of hydrogen-bond donors (Lipinski definition) is 1. The summed E-state index contributed by atoms with van der Waals surface area (Å²) in [5, 5.41) is 13.7. The smallest absolute Gasteiger partial charge is 0.264 e. The van der Waals surface area contributed by atoms with Crippen LogP contribution in [0.1, 0.15) is 13.8 Å². The molecule has 2 aromatic carbocycles. The van der Waals surface area contributed by atoms with Gasteiger partial charge in [-0.3, -0.25) is 10.1 Å². The normalized spacial score (nSPS) is 11.0. The zero-order valence-electron chi connectivity index (χ0n) is 13.4. The molecule has 0 unspecified atom stereocenters. The van der Waals surface area contributed by atoms with Crippen molar-refractivity contribution < 1.29 is 9.53 Å². The highest BCUT2D eigenvalue weighted by Crippen LogP contribution is 2.28. The van der Waals surface area contributed by atoms with E-state index >= 15 is 0 Å². The van der Waals surface area contributed by atoms with Crippen LogP contribution in [0.25, 0.3) is 10.8 Å². The minimum absolute atomic E-state index is 0.0692. The molecular formula is C17H17N3O2S2. The molecule has 124 valence electrons. The maximum Gasteiger partial charge on any atom is 0.264 e. The largest absolute Gasteiger partial charge is 0.483 e. The third-order valence-corrected chi connectivity index (χ3v) is 5.02. The summed E-state index contributed by atoms with van der Waals surface area (Å²) in [5.74, 6) is 0.441. The van der Waals surface area contributed by atoms with E-state index in [1.165, 1.54) is 11.3 Å². The third-order valence-electron chi connectivity index (χ3n) is 3.10. The Balaban J connectivity index is 1.60. The maximum atomic E-state index is 12.0. The first-order valence-electron chi connectivity index (χ1n) is 7.52. The minimum Gasteiger partial charge on any atom is -0.483 e. The van der Waals surface area contributed by atoms with Crippen LogP contribution in [-0.2, 0) is 4.79 Å². The van der Waals surface area contributed by atoms with Crippen molar-refractivity contribution in [2.45, 2.75) is 23.4 Å². The molecule has 0 spiro atoms. The Kier molecular flexibility index (Phi) is 5.32. The van der Waals surface area contributed by atoms with Gasteiger partial charge in [0.1, 0.15) is 5.75 Å². The Hall–Kier alpha value is -2.12. The molecule has 3 rings (SSSR count). The van der Waals surface area contributed by atoms with Gasteiger partial charge in [0.25, 0.3) is 5.91 Å². The van der Waals surface area contributed by atoms with Crippen molar-refractivity contribution in [2.24, 2.45) is 0 Å². The van der Waals surface area contributed by atoms with Gasteiger partial charge in [0.15, 0.2) is 10.9 Å². The number of carbonyl (C=O) groups excluding carboxylic acids is 1. The van der Waals surface area contributed by atoms with Gasteiger partial charge in [0, 0.05) is 10.6 Å². The van der Waals surface area contributed by atoms with Crippen LogP contribution in [0.15, 0.2) is 46.8 Å². The number of benzene rings is 2. The lowest BCUT2D eigenvalue weighted by Gasteiger charge is -2.08. The summed E-state index contributed by atoms with van der Waals surface area (Å²) >= 11 is 2.99. The van der Waals surface area contributed by atoms with Gasteiger partial charge in [-0.25, -0.2) is 0 Å². The van der Waals surface area contributed by atoms with Crippen molar-refractivity contribution >= 4 is 44.9 Å². The second-order valence-electron chi connectivity index (χ2n) is 5.35. The predicted molar refractivity (Wildman–Crippen MR) is 99.0 cm³/mol. The molecule has 3 aromatic rings. The number of hydrogen-bond acceptors (Lipinski definition) is 6. The number of nitrogens with zero attached hydrogens (tertiary/aromatic N) is 2. The van der Waals surface area contributed by atoms with E-state index in [4.69, 9.17) is 4.74 Å². The number of fused-ring (bicyclic) bond motifs is 1. The first-order chi connectivity index (χ1) is 11.6. The van der Waals surface area contributed by atoms with Crippen molar-refractivity contribution in [3.05, 3.63) is 42.5 Å². The van der Waals surface area contributed by atoms with Crippen molar-refractivity contribution in [2.75, 3.05) is 11.9 Å². The molecule has 0 aliphatic heterocycles. The summed E-state index contributed by atoms with van der Waals surface area (Å²) in [6, 6.07) is 13.7. The van der Waals surface area contributed by atoms with Gasteiger partial charge in [-0.15, -0.1) is 10.2 Å². The topological polar surface area (TPSA) is 64.1 Å². The molecule has 0 radical (unpaired) electrons. The molecule has 24 heavy (non-hydrogen) atoms. The van der Waals surface area contributed by atoms with Crippen LogP contribution in [0.4, 0.5) is 5.13 Å². The van der Waals surface area contributed by atoms with E-state index in [2.05, 4.69) is 29.4 Å². The lowest BCUT2D eigenvalue weighted by Crippen LogP contribution is -2.20. The van der Waals surface area contributed by atoms with E-state index < -0.39 is 0 Å². The fraction of sp³-hybridized carbons (Fsp3) is 0.235. The predicted octanol–water partition coefficient (Wildman–Crippen LogP) is 4.21. The van der Waals surface area contributed by atoms with Crippen LogP contribution in [0.5, 0.6) is 5.75 Å². The van der Waals surface area contributed by atoms with Crippen LogP contribution in [-0.4, -0.2) is 28.0 Å². The van der Waals surface area contributed by atoms with Crippen LogP contribution in [0.3, 0.4) is 0 Å². The van der Waals surface area contributed by atoms with Crippen molar-refractivity contribution in [1.82, 2.24) is 10.2 Å². The highest BCUT2D eigenvalue weighted by atomic mass is 32.2. The maximum absolute atomic E-state index is 12.0. The van der Waals surface area contributed by atoms with Crippen molar-refractivity contribution in [3.8, 4) is 5.75 Å². The van der Waals surface area contributed by atoms with E-state index in [9.17, 15) is 4.79 Å². The zero-order chi connectivity index (χ0) is 16.9. The molecule has 1 heterocycles. The Labute approximate surface area is 148 Å². The lowest BCUT2D eigenvalue weighted by molar-refractivity contribution is -0.118. The quantitative estimate of drug-likeness (QED) is 0.528. The highest BCUT2D eigenvalue weighted by Gasteiger charge is 2.11. The average Bonchev–Trinajstić information content (AvgIpc) is 2.99. The number of thioether (sulfide) groups is 1. The van der Waals surface area contributed by atoms with E-state index in [0.29, 0.717) is 16.1 Å². The standard InChI is InChI=1S/C17H17N3O2S2/c1-11(2)23-17-20-19-16(24-17)18-15(21)10-22-14-9-5-7-12-6-3-4-8-13(12)14/h3-9,11H,10H2,1-2H3,(H,18,19,21). The summed E-state index contributed by atoms with van der Waals surface area (Å²) in [6.45, 7) is 4.10. The number of carbonyl (C=O) groups is 1. The average molecular weight is 359 g/mol. The molecule has 0 saturated heterocycles. The van der Waals surface area contributed by atoms with Gasteiger partial charge in [-0.2, -0.15) is 0 Å². The van der Waals surface area contributed by atoms with Crippen LogP contribution in [0, 0.1) is 0 Å². The summed E-state index contributed by atoms with van der Waals surface area (Å²) in [4.78, 5) is 12.0. The molecule has 1 aromatic heterocycles. The molecule has 1 N–H and O–H groups in total. The van der Waals surface area contributed by atoms with E-state index in [-0.39, 0.29) is 12.5 Å². The molecule has 0 saturated carbocycles. The van der Waals surface area contributed by atoms with Gasteiger partial charge >= 0.3 is 0 Å². The number of nitrogens with one attached hydrogen (secondary N) is 1. The van der Waals surface area contributed by atoms with E-state index in [0.717, 1.165) is 15.1 Å². The molecule has 1 amide bonds. The van der Waals surface area contributed by atoms with Gasteiger partial charge in [0.2, 0.25) is 5.13 Å². The number of ether oxygens (including phenoxy) is 1. The Morgan fingerprint density at radius 2 is 2.00 bits per heavy atom. The molecule has 0 aliphatic rings. The Morgan fingerprint density at radius 3 is 2.83 bits per heavy atom. The molecule has 0 atom stereocenters. The summed E-state index contributed by atoms with van der Waals surface area (Å²) in [5.41, 5.74) is 0. The van der Waals surface area contributed by atoms with Crippen LogP contribution < -0.4 is 10.1 Å². The van der Waals surface area contributed by atoms with Crippen molar-refractivity contribution in [3.63, 3.8) is 0 Å². The third kappa shape index (κ3) is 4.24. The molecule has 0 bridgehead atoms. The molecule has 0 aliphatic carbocycles. The minimum atomic E-state index is -0.250. The van der Waals surface area contributed by atoms with Crippen LogP contribution >= 0.6 is 23.1 Å². The van der Waals surface area contributed by atoms with Gasteiger partial charge < -0.3 is 4.74 Å². The van der Waals surface area contributed by atoms with Gasteiger partial charge in [-0.05, 0) is 11.5 Å². The van der Waals surface area contributed by atoms with Gasteiger partial charge in [0.05, 0.1) is 0 Å². The fourth-order valence-corrected chi connectivity index (χ4v) is 4.12. The van der Waals surface area contributed by atoms with E-state index in [1.54, 1.807) is 11.8 Å². The zero-order valence-corrected chi connectivity index (χ0v) is 15.0. The first kappa shape index (κ1) is 16.7. The SMILES string of the molecule is CC(C)Sc1nnc(NC(=O)COc2cccc3ccccc23)s1. The molecular weight excluding hydrogens is 342 g/mol. The summed E-state index contributed by atoms with van der Waals surface area (Å²) in [7, 11) is 0.